The van der Waals surface area contributed by atoms with Gasteiger partial charge in [-0.3, -0.25) is 0 Å². The summed E-state index contributed by atoms with van der Waals surface area (Å²) < 4.78 is 0. The van der Waals surface area contributed by atoms with E-state index >= 15 is 0 Å². The molecule has 2 nitrogen and oxygen atoms in total. The van der Waals surface area contributed by atoms with Crippen molar-refractivity contribution in [2.24, 2.45) is 17.6 Å². The molecule has 0 spiro atoms. The number of hydrogen-bond acceptors (Lipinski definition) is 2. The first kappa shape index (κ1) is 10.9. The van der Waals surface area contributed by atoms with Gasteiger partial charge in [-0.25, -0.2) is 0 Å². The molecule has 0 saturated carbocycles. The minimum Gasteiger partial charge on any atom is -0.327 e. The Morgan fingerprint density at radius 2 is 1.91 bits per heavy atom. The molecule has 0 bridgehead atoms. The topological polar surface area (TPSA) is 38.0 Å². The predicted molar refractivity (Wildman–Crippen MR) is 50.5 cm³/mol. The molecule has 0 heterocycles. The van der Waals surface area contributed by atoms with Gasteiger partial charge in [0.05, 0.1) is 0 Å². The summed E-state index contributed by atoms with van der Waals surface area (Å²) in [5.41, 5.74) is 6.02. The van der Waals surface area contributed by atoms with Gasteiger partial charge in [-0.15, -0.1) is 0 Å². The summed E-state index contributed by atoms with van der Waals surface area (Å²) >= 11 is 0. The number of rotatable bonds is 5. The van der Waals surface area contributed by atoms with Crippen LogP contribution < -0.4 is 11.1 Å². The Bertz CT molecular complexity index is 91.6. The maximum absolute atomic E-state index is 6.02. The normalized spacial score (nSPS) is 16.9. The average molecular weight is 158 g/mol. The highest BCUT2D eigenvalue weighted by Crippen LogP contribution is 2.12. The van der Waals surface area contributed by atoms with E-state index in [9.17, 15) is 0 Å². The molecular weight excluding hydrogens is 136 g/mol. The zero-order valence-corrected chi connectivity index (χ0v) is 8.22. The minimum absolute atomic E-state index is 0.340. The first-order valence-corrected chi connectivity index (χ1v) is 4.53. The molecule has 0 aliphatic carbocycles. The minimum atomic E-state index is 0.340. The summed E-state index contributed by atoms with van der Waals surface area (Å²) in [7, 11) is 1.98. The third-order valence-corrected chi connectivity index (χ3v) is 2.30. The van der Waals surface area contributed by atoms with E-state index in [2.05, 4.69) is 26.1 Å². The van der Waals surface area contributed by atoms with Crippen LogP contribution in [0.15, 0.2) is 0 Å². The van der Waals surface area contributed by atoms with Gasteiger partial charge < -0.3 is 11.1 Å². The molecular formula is C9H22N2. The Morgan fingerprint density at radius 1 is 1.36 bits per heavy atom. The van der Waals surface area contributed by atoms with Gasteiger partial charge in [0, 0.05) is 6.04 Å². The summed E-state index contributed by atoms with van der Waals surface area (Å²) in [5, 5.41) is 3.17. The van der Waals surface area contributed by atoms with E-state index < -0.39 is 0 Å². The Kier molecular flexibility index (Phi) is 5.51. The summed E-state index contributed by atoms with van der Waals surface area (Å²) in [6, 6.07) is 0.340. The van der Waals surface area contributed by atoms with Crippen molar-refractivity contribution < 1.29 is 0 Å². The Labute approximate surface area is 70.5 Å². The quantitative estimate of drug-likeness (QED) is 0.631. The zero-order valence-electron chi connectivity index (χ0n) is 8.22. The number of nitrogens with one attached hydrogen (secondary N) is 1. The summed E-state index contributed by atoms with van der Waals surface area (Å²) in [6.45, 7) is 7.60. The first-order chi connectivity index (χ1) is 5.13. The Balaban J connectivity index is 3.81. The molecule has 11 heavy (non-hydrogen) atoms. The van der Waals surface area contributed by atoms with E-state index in [0.717, 1.165) is 6.54 Å². The van der Waals surface area contributed by atoms with Gasteiger partial charge in [-0.2, -0.15) is 0 Å². The van der Waals surface area contributed by atoms with Gasteiger partial charge >= 0.3 is 0 Å². The molecule has 2 unspecified atom stereocenters. The van der Waals surface area contributed by atoms with Gasteiger partial charge in [-0.1, -0.05) is 27.2 Å². The maximum atomic E-state index is 6.02. The smallest absolute Gasteiger partial charge is 0.0102 e. The number of hydrogen-bond donors (Lipinski definition) is 2. The second kappa shape index (κ2) is 5.56. The second-order valence-electron chi connectivity index (χ2n) is 3.55. The highest BCUT2D eigenvalue weighted by molar-refractivity contribution is 4.75. The molecule has 2 heteroatoms. The van der Waals surface area contributed by atoms with E-state index in [4.69, 9.17) is 5.73 Å². The van der Waals surface area contributed by atoms with Gasteiger partial charge in [0.2, 0.25) is 0 Å². The van der Waals surface area contributed by atoms with Crippen molar-refractivity contribution in [2.45, 2.75) is 33.2 Å². The van der Waals surface area contributed by atoms with Crippen LogP contribution in [0.1, 0.15) is 27.2 Å². The number of nitrogens with two attached hydrogens (primary N) is 1. The fourth-order valence-electron chi connectivity index (χ4n) is 1.36. The fourth-order valence-corrected chi connectivity index (χ4v) is 1.36. The van der Waals surface area contributed by atoms with E-state index in [1.807, 2.05) is 7.05 Å². The predicted octanol–water partition coefficient (Wildman–Crippen LogP) is 1.22. The van der Waals surface area contributed by atoms with Crippen LogP contribution in [0.4, 0.5) is 0 Å². The summed E-state index contributed by atoms with van der Waals surface area (Å²) in [5.74, 6) is 1.22. The molecule has 68 valence electrons. The molecule has 3 N–H and O–H groups in total. The van der Waals surface area contributed by atoms with Crippen molar-refractivity contribution in [3.63, 3.8) is 0 Å². The lowest BCUT2D eigenvalue weighted by molar-refractivity contribution is 0.325. The van der Waals surface area contributed by atoms with E-state index in [1.54, 1.807) is 0 Å². The molecule has 0 aliphatic rings. The van der Waals surface area contributed by atoms with Crippen LogP contribution in [-0.4, -0.2) is 19.6 Å². The summed E-state index contributed by atoms with van der Waals surface area (Å²) in [6.07, 6.45) is 1.17. The zero-order chi connectivity index (χ0) is 8.85. The SMILES string of the molecule is CCC(CNC)C(N)C(C)C. The van der Waals surface area contributed by atoms with Crippen LogP contribution in [0.3, 0.4) is 0 Å². The van der Waals surface area contributed by atoms with Crippen LogP contribution in [0.25, 0.3) is 0 Å². The average Bonchev–Trinajstić information content (AvgIpc) is 1.98. The molecule has 0 aromatic carbocycles. The van der Waals surface area contributed by atoms with Crippen LogP contribution in [0.2, 0.25) is 0 Å². The van der Waals surface area contributed by atoms with Crippen molar-refractivity contribution in [2.75, 3.05) is 13.6 Å². The van der Waals surface area contributed by atoms with Crippen LogP contribution in [-0.2, 0) is 0 Å². The highest BCUT2D eigenvalue weighted by atomic mass is 14.8. The van der Waals surface area contributed by atoms with Crippen molar-refractivity contribution >= 4 is 0 Å². The van der Waals surface area contributed by atoms with E-state index in [-0.39, 0.29) is 0 Å². The molecule has 0 aromatic rings. The third kappa shape index (κ3) is 3.73. The molecule has 0 rings (SSSR count). The monoisotopic (exact) mass is 158 g/mol. The molecule has 0 radical (unpaired) electrons. The maximum Gasteiger partial charge on any atom is 0.0102 e. The van der Waals surface area contributed by atoms with Crippen molar-refractivity contribution in [1.29, 1.82) is 0 Å². The molecule has 0 fully saturated rings. The van der Waals surface area contributed by atoms with Crippen molar-refractivity contribution in [3.05, 3.63) is 0 Å². The van der Waals surface area contributed by atoms with Gasteiger partial charge in [0.1, 0.15) is 0 Å². The summed E-state index contributed by atoms with van der Waals surface area (Å²) in [4.78, 5) is 0. The van der Waals surface area contributed by atoms with E-state index in [0.29, 0.717) is 17.9 Å². The van der Waals surface area contributed by atoms with Crippen LogP contribution >= 0.6 is 0 Å². The standard InChI is InChI=1S/C9H22N2/c1-5-8(6-11-4)9(10)7(2)3/h7-9,11H,5-6,10H2,1-4H3. The van der Waals surface area contributed by atoms with Crippen molar-refractivity contribution in [1.82, 2.24) is 5.32 Å². The van der Waals surface area contributed by atoms with Gasteiger partial charge in [0.15, 0.2) is 0 Å². The van der Waals surface area contributed by atoms with Gasteiger partial charge in [0.25, 0.3) is 0 Å². The molecule has 0 saturated heterocycles. The first-order valence-electron chi connectivity index (χ1n) is 4.53. The lowest BCUT2D eigenvalue weighted by atomic mass is 9.89. The lowest BCUT2D eigenvalue weighted by Crippen LogP contribution is -2.39. The van der Waals surface area contributed by atoms with Gasteiger partial charge in [-0.05, 0) is 25.4 Å². The molecule has 2 atom stereocenters. The molecule has 0 amide bonds. The third-order valence-electron chi connectivity index (χ3n) is 2.30. The fraction of sp³-hybridized carbons (Fsp3) is 1.00. The Hall–Kier alpha value is -0.0800. The lowest BCUT2D eigenvalue weighted by Gasteiger charge is -2.25. The Morgan fingerprint density at radius 3 is 2.18 bits per heavy atom. The molecule has 0 aromatic heterocycles. The highest BCUT2D eigenvalue weighted by Gasteiger charge is 2.17. The van der Waals surface area contributed by atoms with Crippen LogP contribution in [0.5, 0.6) is 0 Å². The molecule has 0 aliphatic heterocycles. The van der Waals surface area contributed by atoms with E-state index in [1.165, 1.54) is 6.42 Å². The van der Waals surface area contributed by atoms with Crippen LogP contribution in [0, 0.1) is 11.8 Å². The second-order valence-corrected chi connectivity index (χ2v) is 3.55. The van der Waals surface area contributed by atoms with Crippen molar-refractivity contribution in [3.8, 4) is 0 Å². The largest absolute Gasteiger partial charge is 0.327 e.